The monoisotopic (exact) mass is 612 g/mol. The molecule has 0 aromatic heterocycles. The number of fused-ring (bicyclic) bond motifs is 1. The molecule has 13 heteroatoms. The van der Waals surface area contributed by atoms with Crippen LogP contribution in [-0.4, -0.2) is 93.4 Å². The van der Waals surface area contributed by atoms with Crippen molar-refractivity contribution in [2.75, 3.05) is 68.4 Å². The number of amides is 2. The lowest BCUT2D eigenvalue weighted by Gasteiger charge is -2.31. The van der Waals surface area contributed by atoms with Crippen molar-refractivity contribution in [2.24, 2.45) is 0 Å². The summed E-state index contributed by atoms with van der Waals surface area (Å²) in [6, 6.07) is 12.0. The highest BCUT2D eigenvalue weighted by atomic mass is 32.2. The highest BCUT2D eigenvalue weighted by Gasteiger charge is 2.29. The van der Waals surface area contributed by atoms with Crippen LogP contribution in [0.3, 0.4) is 0 Å². The molecule has 2 aliphatic rings. The second-order valence-electron chi connectivity index (χ2n) is 10.6. The van der Waals surface area contributed by atoms with Crippen molar-refractivity contribution in [1.82, 2.24) is 14.5 Å². The van der Waals surface area contributed by atoms with Gasteiger partial charge in [-0.15, -0.1) is 0 Å². The Bertz CT molecular complexity index is 1470. The van der Waals surface area contributed by atoms with E-state index in [2.05, 4.69) is 20.9 Å². The van der Waals surface area contributed by atoms with E-state index in [1.54, 1.807) is 23.2 Å². The molecule has 2 aliphatic heterocycles. The Kier molecular flexibility index (Phi) is 10.8. The second kappa shape index (κ2) is 14.5. The summed E-state index contributed by atoms with van der Waals surface area (Å²) in [6.07, 6.45) is 3.53. The quantitative estimate of drug-likeness (QED) is 0.186. The van der Waals surface area contributed by atoms with Crippen LogP contribution in [0.25, 0.3) is 5.57 Å². The molecule has 43 heavy (non-hydrogen) atoms. The van der Waals surface area contributed by atoms with E-state index >= 15 is 0 Å². The minimum Gasteiger partial charge on any atom is -0.481 e. The van der Waals surface area contributed by atoms with Gasteiger partial charge in [-0.05, 0) is 50.1 Å². The number of sulfonamides is 1. The molecular formula is C30H40N6O6S. The van der Waals surface area contributed by atoms with E-state index in [1.807, 2.05) is 25.1 Å². The normalized spacial score (nSPS) is 15.8. The average molecular weight is 613 g/mol. The minimum absolute atomic E-state index is 0.0145. The fraction of sp³-hybridized carbons (Fsp3) is 0.433. The van der Waals surface area contributed by atoms with Gasteiger partial charge >= 0.3 is 5.97 Å². The van der Waals surface area contributed by atoms with Crippen LogP contribution in [0.5, 0.6) is 0 Å². The third kappa shape index (κ3) is 7.92. The van der Waals surface area contributed by atoms with Gasteiger partial charge in [0.2, 0.25) is 15.9 Å². The molecule has 2 heterocycles. The zero-order chi connectivity index (χ0) is 31.0. The third-order valence-electron chi connectivity index (χ3n) is 7.60. The first-order chi connectivity index (χ1) is 20.6. The summed E-state index contributed by atoms with van der Waals surface area (Å²) in [4.78, 5) is 40.3. The number of anilines is 3. The summed E-state index contributed by atoms with van der Waals surface area (Å²) in [5.41, 5.74) is 3.45. The van der Waals surface area contributed by atoms with Crippen LogP contribution in [0.1, 0.15) is 38.2 Å². The lowest BCUT2D eigenvalue weighted by Crippen LogP contribution is -2.43. The van der Waals surface area contributed by atoms with E-state index in [0.717, 1.165) is 47.4 Å². The predicted molar refractivity (Wildman–Crippen MR) is 166 cm³/mol. The fourth-order valence-electron chi connectivity index (χ4n) is 5.21. The van der Waals surface area contributed by atoms with Gasteiger partial charge in [0, 0.05) is 75.9 Å². The highest BCUT2D eigenvalue weighted by molar-refractivity contribution is 7.89. The van der Waals surface area contributed by atoms with Crippen molar-refractivity contribution in [1.29, 1.82) is 0 Å². The molecule has 0 radical (unpaired) electrons. The first-order valence-electron chi connectivity index (χ1n) is 14.5. The van der Waals surface area contributed by atoms with E-state index in [-0.39, 0.29) is 29.7 Å². The Balaban J connectivity index is 1.44. The molecular weight excluding hydrogens is 572 g/mol. The van der Waals surface area contributed by atoms with Gasteiger partial charge in [-0.25, -0.2) is 8.42 Å². The number of hydrogen-bond donors (Lipinski definition) is 4. The number of unbranched alkanes of at least 4 members (excludes halogenated alkanes) is 2. The zero-order valence-corrected chi connectivity index (χ0v) is 25.5. The Morgan fingerprint density at radius 2 is 1.84 bits per heavy atom. The molecule has 232 valence electrons. The SMILES string of the molecule is CCN(CCCCCC(=O)O)C(=O)CN(C)S(=O)(=O)c1cccc(N/C=C2\C(=O)Nc3cccc(N4CCNCC4)c32)c1. The zero-order valence-electron chi connectivity index (χ0n) is 24.6. The Hall–Kier alpha value is -3.94. The number of likely N-dealkylation sites (N-methyl/N-ethyl adjacent to an activating group) is 2. The van der Waals surface area contributed by atoms with Crippen molar-refractivity contribution < 1.29 is 27.9 Å². The topological polar surface area (TPSA) is 151 Å². The number of aliphatic carboxylic acids is 1. The van der Waals surface area contributed by atoms with Crippen molar-refractivity contribution in [3.8, 4) is 0 Å². The molecule has 0 spiro atoms. The molecule has 0 atom stereocenters. The Labute approximate surface area is 252 Å². The van der Waals surface area contributed by atoms with Gasteiger partial charge in [-0.1, -0.05) is 18.6 Å². The number of nitrogens with one attached hydrogen (secondary N) is 3. The smallest absolute Gasteiger partial charge is 0.303 e. The number of nitrogens with zero attached hydrogens (tertiary/aromatic N) is 3. The summed E-state index contributed by atoms with van der Waals surface area (Å²) >= 11 is 0. The van der Waals surface area contributed by atoms with Gasteiger partial charge in [0.25, 0.3) is 5.91 Å². The van der Waals surface area contributed by atoms with Crippen LogP contribution >= 0.6 is 0 Å². The van der Waals surface area contributed by atoms with E-state index in [0.29, 0.717) is 43.6 Å². The molecule has 2 aromatic rings. The maximum atomic E-state index is 13.4. The van der Waals surface area contributed by atoms with Crippen LogP contribution < -0.4 is 20.9 Å². The molecule has 4 rings (SSSR count). The van der Waals surface area contributed by atoms with Crippen molar-refractivity contribution >= 4 is 50.4 Å². The highest BCUT2D eigenvalue weighted by Crippen LogP contribution is 2.39. The number of hydrogen-bond acceptors (Lipinski definition) is 8. The molecule has 1 saturated heterocycles. The first-order valence-corrected chi connectivity index (χ1v) is 16.0. The van der Waals surface area contributed by atoms with Gasteiger partial charge in [-0.2, -0.15) is 4.31 Å². The van der Waals surface area contributed by atoms with Gasteiger partial charge in [0.05, 0.1) is 22.7 Å². The van der Waals surface area contributed by atoms with Crippen LogP contribution in [0.4, 0.5) is 17.1 Å². The molecule has 0 unspecified atom stereocenters. The lowest BCUT2D eigenvalue weighted by atomic mass is 10.0. The first kappa shape index (κ1) is 32.0. The summed E-state index contributed by atoms with van der Waals surface area (Å²) in [6.45, 7) is 5.72. The Morgan fingerprint density at radius 1 is 1.09 bits per heavy atom. The van der Waals surface area contributed by atoms with Crippen LogP contribution in [0, 0.1) is 0 Å². The predicted octanol–water partition coefficient (Wildman–Crippen LogP) is 2.62. The third-order valence-corrected chi connectivity index (χ3v) is 9.40. The molecule has 0 aliphatic carbocycles. The number of carbonyl (C=O) groups is 3. The van der Waals surface area contributed by atoms with E-state index < -0.39 is 16.0 Å². The van der Waals surface area contributed by atoms with Crippen molar-refractivity contribution in [2.45, 2.75) is 37.5 Å². The maximum absolute atomic E-state index is 13.4. The fourth-order valence-corrected chi connectivity index (χ4v) is 6.38. The molecule has 1 fully saturated rings. The number of carbonyl (C=O) groups excluding carboxylic acids is 2. The van der Waals surface area contributed by atoms with E-state index in [1.165, 1.54) is 19.2 Å². The summed E-state index contributed by atoms with van der Waals surface area (Å²) in [7, 11) is -2.62. The minimum atomic E-state index is -3.99. The number of benzene rings is 2. The number of piperazine rings is 1. The maximum Gasteiger partial charge on any atom is 0.303 e. The largest absolute Gasteiger partial charge is 0.481 e. The average Bonchev–Trinajstić information content (AvgIpc) is 3.33. The molecule has 12 nitrogen and oxygen atoms in total. The van der Waals surface area contributed by atoms with Crippen LogP contribution in [-0.2, 0) is 24.4 Å². The molecule has 0 saturated carbocycles. The van der Waals surface area contributed by atoms with E-state index in [4.69, 9.17) is 5.11 Å². The standard InChI is InChI=1S/C30H40N6O6S/c1-3-35(16-6-4-5-13-28(38)39)27(37)21-34(2)43(41,42)23-10-7-9-22(19-23)32-20-24-29-25(33-30(24)40)11-8-12-26(29)36-17-14-31-15-18-36/h7-12,19-20,31-32H,3-6,13-18,21H2,1-2H3,(H,33,40)(H,38,39)/b24-20-. The van der Waals surface area contributed by atoms with Gasteiger partial charge < -0.3 is 30.9 Å². The van der Waals surface area contributed by atoms with Crippen LogP contribution in [0.2, 0.25) is 0 Å². The van der Waals surface area contributed by atoms with Gasteiger partial charge in [0.15, 0.2) is 0 Å². The molecule has 2 aromatic carbocycles. The number of carboxylic acid groups (broad SMARTS) is 1. The van der Waals surface area contributed by atoms with Crippen molar-refractivity contribution in [3.63, 3.8) is 0 Å². The van der Waals surface area contributed by atoms with Gasteiger partial charge in [-0.3, -0.25) is 14.4 Å². The van der Waals surface area contributed by atoms with E-state index in [9.17, 15) is 22.8 Å². The molecule has 2 amide bonds. The molecule has 0 bridgehead atoms. The number of rotatable bonds is 14. The lowest BCUT2D eigenvalue weighted by molar-refractivity contribution is -0.137. The Morgan fingerprint density at radius 3 is 2.56 bits per heavy atom. The summed E-state index contributed by atoms with van der Waals surface area (Å²) in [5.74, 6) is -1.41. The summed E-state index contributed by atoms with van der Waals surface area (Å²) < 4.78 is 27.8. The summed E-state index contributed by atoms with van der Waals surface area (Å²) in [5, 5.41) is 18.1. The molecule has 4 N–H and O–H groups in total. The van der Waals surface area contributed by atoms with Gasteiger partial charge in [0.1, 0.15) is 0 Å². The van der Waals surface area contributed by atoms with Crippen LogP contribution in [0.15, 0.2) is 53.6 Å². The van der Waals surface area contributed by atoms with Crippen molar-refractivity contribution in [3.05, 3.63) is 54.2 Å². The second-order valence-corrected chi connectivity index (χ2v) is 12.6. The number of carboxylic acids is 1.